The standard InChI is InChI=1S/C14H16N2O3S/c15-9-11-3-1-2-4-13(11)16-14(17)10-20(18)12-5-7-19-8-6-12/h1-4,12H,5-8,10H2,(H,16,17). The van der Waals surface area contributed by atoms with Crippen molar-refractivity contribution in [3.05, 3.63) is 29.8 Å². The molecule has 20 heavy (non-hydrogen) atoms. The van der Waals surface area contributed by atoms with E-state index in [2.05, 4.69) is 5.32 Å². The highest BCUT2D eigenvalue weighted by Crippen LogP contribution is 2.16. The predicted octanol–water partition coefficient (Wildman–Crippen LogP) is 1.42. The molecular weight excluding hydrogens is 276 g/mol. The summed E-state index contributed by atoms with van der Waals surface area (Å²) in [6, 6.07) is 8.77. The van der Waals surface area contributed by atoms with Gasteiger partial charge in [0.1, 0.15) is 11.8 Å². The number of anilines is 1. The Bertz CT molecular complexity index is 548. The molecule has 106 valence electrons. The van der Waals surface area contributed by atoms with Crippen LogP contribution in [0.15, 0.2) is 24.3 Å². The first-order chi connectivity index (χ1) is 9.70. The molecular formula is C14H16N2O3S. The van der Waals surface area contributed by atoms with E-state index in [-0.39, 0.29) is 16.9 Å². The summed E-state index contributed by atoms with van der Waals surface area (Å²) in [7, 11) is -1.19. The topological polar surface area (TPSA) is 79.2 Å². The zero-order valence-electron chi connectivity index (χ0n) is 11.0. The van der Waals surface area contributed by atoms with Crippen LogP contribution in [0.4, 0.5) is 5.69 Å². The van der Waals surface area contributed by atoms with E-state index in [1.807, 2.05) is 6.07 Å². The number of carbonyl (C=O) groups is 1. The number of carbonyl (C=O) groups excluding carboxylic acids is 1. The van der Waals surface area contributed by atoms with Crippen LogP contribution >= 0.6 is 0 Å². The molecule has 1 aliphatic rings. The number of rotatable bonds is 4. The number of hydrogen-bond acceptors (Lipinski definition) is 4. The molecule has 1 aliphatic heterocycles. The van der Waals surface area contributed by atoms with Gasteiger partial charge >= 0.3 is 0 Å². The van der Waals surface area contributed by atoms with Gasteiger partial charge in [0.2, 0.25) is 5.91 Å². The van der Waals surface area contributed by atoms with Crippen molar-refractivity contribution in [3.63, 3.8) is 0 Å². The molecule has 0 radical (unpaired) electrons. The lowest BCUT2D eigenvalue weighted by atomic mass is 10.2. The molecule has 1 saturated heterocycles. The molecule has 1 unspecified atom stereocenters. The Kier molecular flexibility index (Phi) is 5.27. The van der Waals surface area contributed by atoms with E-state index in [1.54, 1.807) is 24.3 Å². The van der Waals surface area contributed by atoms with Gasteiger partial charge in [-0.15, -0.1) is 0 Å². The number of hydrogen-bond donors (Lipinski definition) is 1. The van der Waals surface area contributed by atoms with Gasteiger partial charge in [-0.3, -0.25) is 9.00 Å². The van der Waals surface area contributed by atoms with Crippen LogP contribution in [0.3, 0.4) is 0 Å². The summed E-state index contributed by atoms with van der Waals surface area (Å²) in [5.41, 5.74) is 0.863. The van der Waals surface area contributed by atoms with E-state index >= 15 is 0 Å². The number of ether oxygens (including phenoxy) is 1. The molecule has 0 spiro atoms. The average Bonchev–Trinajstić information content (AvgIpc) is 2.48. The largest absolute Gasteiger partial charge is 0.381 e. The molecule has 2 rings (SSSR count). The Labute approximate surface area is 120 Å². The van der Waals surface area contributed by atoms with Crippen LogP contribution in [-0.2, 0) is 20.3 Å². The highest BCUT2D eigenvalue weighted by atomic mass is 32.2. The summed E-state index contributed by atoms with van der Waals surface area (Å²) in [5, 5.41) is 11.6. The zero-order valence-corrected chi connectivity index (χ0v) is 11.8. The van der Waals surface area contributed by atoms with Gasteiger partial charge < -0.3 is 10.1 Å². The van der Waals surface area contributed by atoms with Crippen molar-refractivity contribution >= 4 is 22.4 Å². The van der Waals surface area contributed by atoms with Crippen molar-refractivity contribution in [2.45, 2.75) is 18.1 Å². The maximum absolute atomic E-state index is 12.1. The lowest BCUT2D eigenvalue weighted by Gasteiger charge is -2.21. The van der Waals surface area contributed by atoms with Crippen molar-refractivity contribution in [2.24, 2.45) is 0 Å². The van der Waals surface area contributed by atoms with E-state index in [1.165, 1.54) is 0 Å². The summed E-state index contributed by atoms with van der Waals surface area (Å²) in [5.74, 6) is -0.359. The fraction of sp³-hybridized carbons (Fsp3) is 0.429. The van der Waals surface area contributed by atoms with Gasteiger partial charge in [-0.2, -0.15) is 5.26 Å². The first kappa shape index (κ1) is 14.7. The van der Waals surface area contributed by atoms with Crippen LogP contribution in [0.1, 0.15) is 18.4 Å². The third-order valence-electron chi connectivity index (χ3n) is 3.14. The molecule has 1 amide bonds. The lowest BCUT2D eigenvalue weighted by Crippen LogP contribution is -2.30. The maximum atomic E-state index is 12.1. The number of amides is 1. The summed E-state index contributed by atoms with van der Waals surface area (Å²) in [4.78, 5) is 11.9. The third kappa shape index (κ3) is 3.89. The molecule has 1 atom stereocenters. The van der Waals surface area contributed by atoms with E-state index < -0.39 is 10.8 Å². The molecule has 5 nitrogen and oxygen atoms in total. The highest BCUT2D eigenvalue weighted by molar-refractivity contribution is 7.86. The van der Waals surface area contributed by atoms with Crippen LogP contribution in [0.5, 0.6) is 0 Å². The molecule has 6 heteroatoms. The molecule has 1 N–H and O–H groups in total. The number of nitrogens with one attached hydrogen (secondary N) is 1. The molecule has 0 aliphatic carbocycles. The van der Waals surface area contributed by atoms with Gasteiger partial charge in [-0.25, -0.2) is 0 Å². The molecule has 1 aromatic rings. The Morgan fingerprint density at radius 1 is 1.40 bits per heavy atom. The van der Waals surface area contributed by atoms with Gasteiger partial charge in [0, 0.05) is 29.3 Å². The van der Waals surface area contributed by atoms with Gasteiger partial charge in [0.25, 0.3) is 0 Å². The van der Waals surface area contributed by atoms with E-state index in [0.29, 0.717) is 24.5 Å². The van der Waals surface area contributed by atoms with Crippen LogP contribution in [0.25, 0.3) is 0 Å². The van der Waals surface area contributed by atoms with Crippen molar-refractivity contribution in [1.82, 2.24) is 0 Å². The average molecular weight is 292 g/mol. The van der Waals surface area contributed by atoms with Crippen LogP contribution in [-0.4, -0.2) is 34.3 Å². The fourth-order valence-corrected chi connectivity index (χ4v) is 3.35. The summed E-state index contributed by atoms with van der Waals surface area (Å²) >= 11 is 0. The monoisotopic (exact) mass is 292 g/mol. The predicted molar refractivity (Wildman–Crippen MR) is 76.6 cm³/mol. The number of nitrogens with zero attached hydrogens (tertiary/aromatic N) is 1. The Hall–Kier alpha value is -1.71. The lowest BCUT2D eigenvalue weighted by molar-refractivity contribution is -0.113. The van der Waals surface area contributed by atoms with E-state index in [0.717, 1.165) is 12.8 Å². The number of benzene rings is 1. The highest BCUT2D eigenvalue weighted by Gasteiger charge is 2.22. The minimum atomic E-state index is -1.19. The van der Waals surface area contributed by atoms with Crippen molar-refractivity contribution in [2.75, 3.05) is 24.3 Å². The first-order valence-corrected chi connectivity index (χ1v) is 7.83. The number of nitriles is 1. The van der Waals surface area contributed by atoms with Crippen LogP contribution in [0.2, 0.25) is 0 Å². The normalized spacial score (nSPS) is 17.1. The molecule has 0 saturated carbocycles. The smallest absolute Gasteiger partial charge is 0.237 e. The second kappa shape index (κ2) is 7.17. The van der Waals surface area contributed by atoms with E-state index in [9.17, 15) is 9.00 Å². The minimum Gasteiger partial charge on any atom is -0.381 e. The number of para-hydroxylation sites is 1. The zero-order chi connectivity index (χ0) is 14.4. The molecule has 0 aromatic heterocycles. The minimum absolute atomic E-state index is 0.0284. The van der Waals surface area contributed by atoms with Crippen molar-refractivity contribution in [1.29, 1.82) is 5.26 Å². The second-order valence-electron chi connectivity index (χ2n) is 4.54. The molecule has 1 heterocycles. The van der Waals surface area contributed by atoms with Crippen LogP contribution in [0, 0.1) is 11.3 Å². The van der Waals surface area contributed by atoms with Crippen LogP contribution < -0.4 is 5.32 Å². The molecule has 1 aromatic carbocycles. The van der Waals surface area contributed by atoms with Gasteiger partial charge in [0.15, 0.2) is 0 Å². The Morgan fingerprint density at radius 2 is 2.10 bits per heavy atom. The maximum Gasteiger partial charge on any atom is 0.237 e. The second-order valence-corrected chi connectivity index (χ2v) is 6.26. The first-order valence-electron chi connectivity index (χ1n) is 6.44. The third-order valence-corrected chi connectivity index (χ3v) is 4.90. The Balaban J connectivity index is 1.92. The van der Waals surface area contributed by atoms with E-state index in [4.69, 9.17) is 10.00 Å². The fourth-order valence-electron chi connectivity index (χ4n) is 2.06. The van der Waals surface area contributed by atoms with Crippen molar-refractivity contribution < 1.29 is 13.7 Å². The summed E-state index contributed by atoms with van der Waals surface area (Å²) < 4.78 is 17.3. The van der Waals surface area contributed by atoms with Gasteiger partial charge in [-0.1, -0.05) is 12.1 Å². The molecule has 0 bridgehead atoms. The van der Waals surface area contributed by atoms with Gasteiger partial charge in [0.05, 0.1) is 11.3 Å². The quantitative estimate of drug-likeness (QED) is 0.910. The summed E-state index contributed by atoms with van der Waals surface area (Å²) in [6.45, 7) is 1.21. The SMILES string of the molecule is N#Cc1ccccc1NC(=O)CS(=O)C1CCOCC1. The summed E-state index contributed by atoms with van der Waals surface area (Å²) in [6.07, 6.45) is 1.46. The van der Waals surface area contributed by atoms with Gasteiger partial charge in [-0.05, 0) is 25.0 Å². The Morgan fingerprint density at radius 3 is 2.80 bits per heavy atom. The van der Waals surface area contributed by atoms with Crippen molar-refractivity contribution in [3.8, 4) is 6.07 Å². The molecule has 1 fully saturated rings.